The highest BCUT2D eigenvalue weighted by atomic mass is 31.1. The lowest BCUT2D eigenvalue weighted by Gasteiger charge is -2.34. The molecule has 2 nitrogen and oxygen atoms in total. The fraction of sp³-hybridized carbons (Fsp3) is 0.368. The number of piperazine rings is 1. The van der Waals surface area contributed by atoms with Crippen LogP contribution in [0.15, 0.2) is 54.6 Å². The second-order valence-electron chi connectivity index (χ2n) is 6.15. The molecule has 3 rings (SSSR count). The molecule has 0 radical (unpaired) electrons. The smallest absolute Gasteiger partial charge is 0.0367 e. The number of benzene rings is 2. The van der Waals surface area contributed by atoms with Gasteiger partial charge in [-0.05, 0) is 42.9 Å². The zero-order valence-electron chi connectivity index (χ0n) is 13.6. The lowest BCUT2D eigenvalue weighted by Crippen LogP contribution is -2.44. The van der Waals surface area contributed by atoms with Crippen LogP contribution in [-0.2, 0) is 6.16 Å². The van der Waals surface area contributed by atoms with Gasteiger partial charge in [0.25, 0.3) is 0 Å². The second kappa shape index (κ2) is 7.26. The van der Waals surface area contributed by atoms with Gasteiger partial charge in [-0.15, -0.1) is 0 Å². The molecule has 0 aliphatic carbocycles. The van der Waals surface area contributed by atoms with E-state index in [-0.39, 0.29) is 7.92 Å². The zero-order valence-corrected chi connectivity index (χ0v) is 14.5. The van der Waals surface area contributed by atoms with E-state index in [1.54, 1.807) is 0 Å². The topological polar surface area (TPSA) is 6.48 Å². The van der Waals surface area contributed by atoms with Crippen LogP contribution >= 0.6 is 7.92 Å². The van der Waals surface area contributed by atoms with Crippen LogP contribution in [0.1, 0.15) is 5.56 Å². The van der Waals surface area contributed by atoms with Gasteiger partial charge in [-0.1, -0.05) is 50.4 Å². The van der Waals surface area contributed by atoms with E-state index in [2.05, 4.69) is 78.1 Å². The van der Waals surface area contributed by atoms with E-state index in [0.29, 0.717) is 0 Å². The van der Waals surface area contributed by atoms with Crippen LogP contribution in [0.25, 0.3) is 0 Å². The molecule has 1 aliphatic heterocycles. The number of rotatable bonds is 4. The molecule has 0 aromatic heterocycles. The molecule has 2 aromatic carbocycles. The molecule has 0 saturated carbocycles. The molecular formula is C19H25N2P. The van der Waals surface area contributed by atoms with Crippen molar-refractivity contribution in [2.24, 2.45) is 0 Å². The Morgan fingerprint density at radius 3 is 2.14 bits per heavy atom. The van der Waals surface area contributed by atoms with Gasteiger partial charge in [-0.2, -0.15) is 0 Å². The van der Waals surface area contributed by atoms with E-state index in [1.807, 2.05) is 0 Å². The normalized spacial score (nSPS) is 17.5. The van der Waals surface area contributed by atoms with Gasteiger partial charge in [0.2, 0.25) is 0 Å². The van der Waals surface area contributed by atoms with Crippen molar-refractivity contribution >= 4 is 18.9 Å². The molecule has 1 unspecified atom stereocenters. The van der Waals surface area contributed by atoms with Crippen molar-refractivity contribution in [1.29, 1.82) is 0 Å². The van der Waals surface area contributed by atoms with Crippen LogP contribution in [0.4, 0.5) is 5.69 Å². The first kappa shape index (κ1) is 15.5. The third-order valence-electron chi connectivity index (χ3n) is 4.42. The minimum atomic E-state index is -0.116. The SMILES string of the molecule is CN1CCN(c2ccc(P(C)Cc3ccccc3)cc2)CC1. The van der Waals surface area contributed by atoms with E-state index in [9.17, 15) is 0 Å². The van der Waals surface area contributed by atoms with Gasteiger partial charge in [0.05, 0.1) is 0 Å². The maximum Gasteiger partial charge on any atom is 0.0367 e. The summed E-state index contributed by atoms with van der Waals surface area (Å²) in [7, 11) is 2.09. The van der Waals surface area contributed by atoms with Crippen molar-refractivity contribution in [3.8, 4) is 0 Å². The van der Waals surface area contributed by atoms with Crippen molar-refractivity contribution < 1.29 is 0 Å². The predicted molar refractivity (Wildman–Crippen MR) is 98.8 cm³/mol. The summed E-state index contributed by atoms with van der Waals surface area (Å²) in [5.74, 6) is 0. The summed E-state index contributed by atoms with van der Waals surface area (Å²) in [4.78, 5) is 4.90. The molecular weight excluding hydrogens is 287 g/mol. The molecule has 116 valence electrons. The Labute approximate surface area is 135 Å². The van der Waals surface area contributed by atoms with Crippen molar-refractivity contribution in [2.75, 3.05) is 44.8 Å². The zero-order chi connectivity index (χ0) is 15.4. The van der Waals surface area contributed by atoms with Gasteiger partial charge in [-0.3, -0.25) is 0 Å². The minimum absolute atomic E-state index is 0.116. The summed E-state index contributed by atoms with van der Waals surface area (Å²) in [5.41, 5.74) is 2.82. The highest BCUT2D eigenvalue weighted by Gasteiger charge is 2.14. The Hall–Kier alpha value is -1.37. The second-order valence-corrected chi connectivity index (χ2v) is 8.38. The van der Waals surface area contributed by atoms with Crippen LogP contribution < -0.4 is 10.2 Å². The molecule has 0 spiro atoms. The Morgan fingerprint density at radius 2 is 1.50 bits per heavy atom. The summed E-state index contributed by atoms with van der Waals surface area (Å²) in [6.07, 6.45) is 1.17. The van der Waals surface area contributed by atoms with Crippen molar-refractivity contribution in [3.63, 3.8) is 0 Å². The minimum Gasteiger partial charge on any atom is -0.369 e. The largest absolute Gasteiger partial charge is 0.369 e. The fourth-order valence-electron chi connectivity index (χ4n) is 2.93. The van der Waals surface area contributed by atoms with Gasteiger partial charge in [-0.25, -0.2) is 0 Å². The highest BCUT2D eigenvalue weighted by Crippen LogP contribution is 2.34. The first-order valence-electron chi connectivity index (χ1n) is 8.01. The van der Waals surface area contributed by atoms with E-state index in [4.69, 9.17) is 0 Å². The Morgan fingerprint density at radius 1 is 0.864 bits per heavy atom. The number of likely N-dealkylation sites (N-methyl/N-ethyl adjacent to an activating group) is 1. The summed E-state index contributed by atoms with van der Waals surface area (Å²) in [6.45, 7) is 6.99. The molecule has 0 N–H and O–H groups in total. The van der Waals surface area contributed by atoms with E-state index >= 15 is 0 Å². The van der Waals surface area contributed by atoms with Crippen molar-refractivity contribution in [2.45, 2.75) is 6.16 Å². The predicted octanol–water partition coefficient (Wildman–Crippen LogP) is 3.38. The van der Waals surface area contributed by atoms with Crippen LogP contribution in [0.5, 0.6) is 0 Å². The number of hydrogen-bond acceptors (Lipinski definition) is 2. The van der Waals surface area contributed by atoms with Crippen LogP contribution in [0.2, 0.25) is 0 Å². The molecule has 2 aromatic rings. The van der Waals surface area contributed by atoms with Gasteiger partial charge in [0.15, 0.2) is 0 Å². The lowest BCUT2D eigenvalue weighted by molar-refractivity contribution is 0.313. The number of anilines is 1. The molecule has 1 fully saturated rings. The van der Waals surface area contributed by atoms with E-state index in [1.165, 1.54) is 22.7 Å². The third-order valence-corrected chi connectivity index (χ3v) is 6.44. The van der Waals surface area contributed by atoms with Gasteiger partial charge in [0, 0.05) is 31.9 Å². The highest BCUT2D eigenvalue weighted by molar-refractivity contribution is 7.64. The van der Waals surface area contributed by atoms with Gasteiger partial charge >= 0.3 is 0 Å². The molecule has 1 atom stereocenters. The molecule has 22 heavy (non-hydrogen) atoms. The summed E-state index contributed by atoms with van der Waals surface area (Å²) in [5, 5.41) is 1.50. The summed E-state index contributed by atoms with van der Waals surface area (Å²) >= 11 is 0. The third kappa shape index (κ3) is 3.88. The van der Waals surface area contributed by atoms with Crippen molar-refractivity contribution in [3.05, 3.63) is 60.2 Å². The molecule has 0 bridgehead atoms. The quantitative estimate of drug-likeness (QED) is 0.799. The van der Waals surface area contributed by atoms with E-state index < -0.39 is 0 Å². The Balaban J connectivity index is 1.63. The lowest BCUT2D eigenvalue weighted by atomic mass is 10.2. The maximum atomic E-state index is 2.50. The maximum absolute atomic E-state index is 2.50. The first-order chi connectivity index (χ1) is 10.7. The summed E-state index contributed by atoms with van der Waals surface area (Å²) in [6, 6.07) is 20.1. The monoisotopic (exact) mass is 312 g/mol. The Kier molecular flexibility index (Phi) is 5.12. The van der Waals surface area contributed by atoms with Crippen molar-refractivity contribution in [1.82, 2.24) is 4.90 Å². The molecule has 3 heteroatoms. The van der Waals surface area contributed by atoms with Crippen LogP contribution in [0, 0.1) is 0 Å². The average Bonchev–Trinajstić information content (AvgIpc) is 2.57. The first-order valence-corrected chi connectivity index (χ1v) is 9.98. The Bertz CT molecular complexity index is 574. The number of nitrogens with zero attached hydrogens (tertiary/aromatic N) is 2. The molecule has 1 heterocycles. The van der Waals surface area contributed by atoms with Crippen LogP contribution in [0.3, 0.4) is 0 Å². The van der Waals surface area contributed by atoms with Gasteiger partial charge < -0.3 is 9.80 Å². The fourth-order valence-corrected chi connectivity index (χ4v) is 4.53. The average molecular weight is 312 g/mol. The standard InChI is InChI=1S/C19H25N2P/c1-20-12-14-21(15-13-20)18-8-10-19(11-9-18)22(2)16-17-6-4-3-5-7-17/h3-11H,12-16H2,1-2H3. The number of hydrogen-bond donors (Lipinski definition) is 0. The summed E-state index contributed by atoms with van der Waals surface area (Å²) < 4.78 is 0. The molecule has 0 amide bonds. The van der Waals surface area contributed by atoms with Gasteiger partial charge in [0.1, 0.15) is 0 Å². The van der Waals surface area contributed by atoms with Crippen LogP contribution in [-0.4, -0.2) is 44.8 Å². The molecule has 1 saturated heterocycles. The molecule has 1 aliphatic rings. The van der Waals surface area contributed by atoms with E-state index in [0.717, 1.165) is 26.2 Å².